The maximum Gasteiger partial charge on any atom is 0.191 e. The monoisotopic (exact) mass is 466 g/mol. The Kier molecular flexibility index (Phi) is 8.67. The lowest BCUT2D eigenvalue weighted by molar-refractivity contribution is 0.301. The standard InChI is InChI=1S/C20H26N4O.HI/c21-20(24-13-5-1-2-6-14-24)23-15-17-8-10-19(11-9-17)25-16-18-7-3-4-12-22-18;/h3-4,7-12H,1-2,5-6,13-16H2,(H2,21,23);1H. The highest BCUT2D eigenvalue weighted by molar-refractivity contribution is 14.0. The molecule has 0 atom stereocenters. The summed E-state index contributed by atoms with van der Waals surface area (Å²) in [7, 11) is 0. The van der Waals surface area contributed by atoms with Gasteiger partial charge < -0.3 is 15.4 Å². The number of nitrogens with zero attached hydrogens (tertiary/aromatic N) is 3. The molecule has 0 aliphatic carbocycles. The van der Waals surface area contributed by atoms with Crippen molar-refractivity contribution in [1.29, 1.82) is 0 Å². The molecule has 0 bridgehead atoms. The molecule has 0 spiro atoms. The van der Waals surface area contributed by atoms with Crippen LogP contribution in [0, 0.1) is 0 Å². The van der Waals surface area contributed by atoms with Gasteiger partial charge in [-0.3, -0.25) is 4.98 Å². The van der Waals surface area contributed by atoms with E-state index in [2.05, 4.69) is 14.9 Å². The molecule has 5 nitrogen and oxygen atoms in total. The molecule has 1 saturated heterocycles. The van der Waals surface area contributed by atoms with Crippen LogP contribution >= 0.6 is 24.0 Å². The number of aliphatic imine (C=N–C) groups is 1. The van der Waals surface area contributed by atoms with E-state index in [1.54, 1.807) is 6.20 Å². The Labute approximate surface area is 172 Å². The molecule has 2 aromatic rings. The summed E-state index contributed by atoms with van der Waals surface area (Å²) < 4.78 is 5.75. The van der Waals surface area contributed by atoms with E-state index in [1.807, 2.05) is 42.5 Å². The van der Waals surface area contributed by atoms with Gasteiger partial charge in [0.15, 0.2) is 5.96 Å². The van der Waals surface area contributed by atoms with E-state index in [-0.39, 0.29) is 24.0 Å². The zero-order valence-electron chi connectivity index (χ0n) is 15.0. The molecule has 1 aliphatic rings. The van der Waals surface area contributed by atoms with Gasteiger partial charge in [0, 0.05) is 19.3 Å². The highest BCUT2D eigenvalue weighted by atomic mass is 127. The second-order valence-electron chi connectivity index (χ2n) is 6.33. The minimum absolute atomic E-state index is 0. The number of nitrogens with two attached hydrogens (primary N) is 1. The summed E-state index contributed by atoms with van der Waals surface area (Å²) in [6.07, 6.45) is 6.78. The second kappa shape index (κ2) is 11.0. The smallest absolute Gasteiger partial charge is 0.191 e. The number of pyridine rings is 1. The predicted octanol–water partition coefficient (Wildman–Crippen LogP) is 3.97. The van der Waals surface area contributed by atoms with Crippen molar-refractivity contribution in [2.75, 3.05) is 13.1 Å². The first kappa shape index (κ1) is 20.5. The fraction of sp³-hybridized carbons (Fsp3) is 0.400. The summed E-state index contributed by atoms with van der Waals surface area (Å²) >= 11 is 0. The largest absolute Gasteiger partial charge is 0.487 e. The zero-order valence-corrected chi connectivity index (χ0v) is 17.3. The minimum atomic E-state index is 0. The van der Waals surface area contributed by atoms with E-state index in [4.69, 9.17) is 10.5 Å². The Morgan fingerprint density at radius 3 is 2.42 bits per heavy atom. The highest BCUT2D eigenvalue weighted by Crippen LogP contribution is 2.15. The third-order valence-corrected chi connectivity index (χ3v) is 4.39. The summed E-state index contributed by atoms with van der Waals surface area (Å²) in [4.78, 5) is 11.0. The molecule has 0 saturated carbocycles. The van der Waals surface area contributed by atoms with Crippen molar-refractivity contribution in [2.45, 2.75) is 38.8 Å². The van der Waals surface area contributed by atoms with E-state index < -0.39 is 0 Å². The van der Waals surface area contributed by atoms with Gasteiger partial charge in [-0.25, -0.2) is 4.99 Å². The maximum atomic E-state index is 6.15. The normalized spacial score (nSPS) is 15.1. The molecule has 140 valence electrons. The molecule has 3 rings (SSSR count). The molecule has 2 N–H and O–H groups in total. The first-order chi connectivity index (χ1) is 12.3. The third kappa shape index (κ3) is 6.48. The predicted molar refractivity (Wildman–Crippen MR) is 116 cm³/mol. The Hall–Kier alpha value is -1.83. The van der Waals surface area contributed by atoms with Crippen LogP contribution in [0.25, 0.3) is 0 Å². The third-order valence-electron chi connectivity index (χ3n) is 4.39. The molecule has 0 radical (unpaired) electrons. The Balaban J connectivity index is 0.00000243. The Bertz CT molecular complexity index is 668. The zero-order chi connectivity index (χ0) is 17.3. The Morgan fingerprint density at radius 2 is 1.77 bits per heavy atom. The van der Waals surface area contributed by atoms with Crippen molar-refractivity contribution in [1.82, 2.24) is 9.88 Å². The second-order valence-corrected chi connectivity index (χ2v) is 6.33. The summed E-state index contributed by atoms with van der Waals surface area (Å²) in [5.74, 6) is 1.50. The van der Waals surface area contributed by atoms with Crippen LogP contribution in [0.3, 0.4) is 0 Å². The molecular formula is C20H27IN4O. The van der Waals surface area contributed by atoms with Crippen molar-refractivity contribution in [2.24, 2.45) is 10.7 Å². The van der Waals surface area contributed by atoms with Crippen LogP contribution in [0.2, 0.25) is 0 Å². The number of rotatable bonds is 5. The summed E-state index contributed by atoms with van der Waals surface area (Å²) in [5.41, 5.74) is 8.20. The van der Waals surface area contributed by atoms with Gasteiger partial charge in [0.25, 0.3) is 0 Å². The van der Waals surface area contributed by atoms with Crippen molar-refractivity contribution < 1.29 is 4.74 Å². The minimum Gasteiger partial charge on any atom is -0.487 e. The lowest BCUT2D eigenvalue weighted by Crippen LogP contribution is -2.38. The van der Waals surface area contributed by atoms with Gasteiger partial charge in [-0.15, -0.1) is 24.0 Å². The van der Waals surface area contributed by atoms with Gasteiger partial charge >= 0.3 is 0 Å². The van der Waals surface area contributed by atoms with Crippen LogP contribution in [0.15, 0.2) is 53.7 Å². The molecule has 6 heteroatoms. The number of halogens is 1. The Morgan fingerprint density at radius 1 is 1.04 bits per heavy atom. The van der Waals surface area contributed by atoms with Gasteiger partial charge in [0.1, 0.15) is 12.4 Å². The van der Waals surface area contributed by atoms with Gasteiger partial charge in [-0.1, -0.05) is 31.0 Å². The van der Waals surface area contributed by atoms with Crippen LogP contribution in [-0.4, -0.2) is 28.9 Å². The summed E-state index contributed by atoms with van der Waals surface area (Å²) in [6, 6.07) is 13.8. The van der Waals surface area contributed by atoms with Crippen LogP contribution in [-0.2, 0) is 13.2 Å². The van der Waals surface area contributed by atoms with Crippen molar-refractivity contribution in [3.8, 4) is 5.75 Å². The average Bonchev–Trinajstić information content (AvgIpc) is 2.96. The van der Waals surface area contributed by atoms with E-state index in [1.165, 1.54) is 25.7 Å². The fourth-order valence-corrected chi connectivity index (χ4v) is 2.90. The number of aromatic nitrogens is 1. The first-order valence-corrected chi connectivity index (χ1v) is 8.98. The molecule has 1 aliphatic heterocycles. The fourth-order valence-electron chi connectivity index (χ4n) is 2.90. The molecule has 0 unspecified atom stereocenters. The van der Waals surface area contributed by atoms with Gasteiger partial charge in [0.2, 0.25) is 0 Å². The molecule has 1 fully saturated rings. The topological polar surface area (TPSA) is 63.7 Å². The van der Waals surface area contributed by atoms with Gasteiger partial charge in [-0.2, -0.15) is 0 Å². The molecule has 1 aromatic heterocycles. The van der Waals surface area contributed by atoms with Crippen molar-refractivity contribution in [3.63, 3.8) is 0 Å². The number of likely N-dealkylation sites (tertiary alicyclic amines) is 1. The number of hydrogen-bond acceptors (Lipinski definition) is 3. The van der Waals surface area contributed by atoms with Crippen LogP contribution < -0.4 is 10.5 Å². The number of benzene rings is 1. The van der Waals surface area contributed by atoms with E-state index in [0.717, 1.165) is 30.1 Å². The molecule has 2 heterocycles. The molecule has 26 heavy (non-hydrogen) atoms. The number of ether oxygens (including phenoxy) is 1. The lowest BCUT2D eigenvalue weighted by Gasteiger charge is -2.21. The van der Waals surface area contributed by atoms with E-state index in [9.17, 15) is 0 Å². The van der Waals surface area contributed by atoms with Gasteiger partial charge in [-0.05, 0) is 42.7 Å². The van der Waals surface area contributed by atoms with Crippen LogP contribution in [0.1, 0.15) is 36.9 Å². The van der Waals surface area contributed by atoms with Crippen LogP contribution in [0.5, 0.6) is 5.75 Å². The highest BCUT2D eigenvalue weighted by Gasteiger charge is 2.10. The van der Waals surface area contributed by atoms with Crippen molar-refractivity contribution >= 4 is 29.9 Å². The van der Waals surface area contributed by atoms with Gasteiger partial charge in [0.05, 0.1) is 12.2 Å². The molecule has 0 amide bonds. The SMILES string of the molecule is I.NC(=NCc1ccc(OCc2ccccn2)cc1)N1CCCCCC1. The molecule has 1 aromatic carbocycles. The number of guanidine groups is 1. The quantitative estimate of drug-likeness (QED) is 0.412. The summed E-state index contributed by atoms with van der Waals surface area (Å²) in [5, 5.41) is 0. The summed E-state index contributed by atoms with van der Waals surface area (Å²) in [6.45, 7) is 3.12. The first-order valence-electron chi connectivity index (χ1n) is 8.98. The van der Waals surface area contributed by atoms with E-state index >= 15 is 0 Å². The van der Waals surface area contributed by atoms with Crippen molar-refractivity contribution in [3.05, 3.63) is 59.9 Å². The average molecular weight is 466 g/mol. The van der Waals surface area contributed by atoms with E-state index in [0.29, 0.717) is 19.1 Å². The maximum absolute atomic E-state index is 6.15. The van der Waals surface area contributed by atoms with Crippen LogP contribution in [0.4, 0.5) is 0 Å². The lowest BCUT2D eigenvalue weighted by atomic mass is 10.2. The molecular weight excluding hydrogens is 439 g/mol. The number of hydrogen-bond donors (Lipinski definition) is 1.